The first kappa shape index (κ1) is 17.1. The van der Waals surface area contributed by atoms with E-state index in [4.69, 9.17) is 5.41 Å². The largest absolute Gasteiger partial charge is 0.311 e. The van der Waals surface area contributed by atoms with Crippen LogP contribution in [0.3, 0.4) is 0 Å². The van der Waals surface area contributed by atoms with Crippen LogP contribution < -0.4 is 10.9 Å². The fraction of sp³-hybridized carbons (Fsp3) is 0.136. The molecule has 0 aliphatic carbocycles. The first-order valence-electron chi connectivity index (χ1n) is 8.47. The first-order valence-corrected chi connectivity index (χ1v) is 8.47. The molecule has 0 amide bonds. The molecule has 0 fully saturated rings. The van der Waals surface area contributed by atoms with Gasteiger partial charge in [-0.2, -0.15) is 0 Å². The predicted octanol–water partition coefficient (Wildman–Crippen LogP) is 4.11. The average Bonchev–Trinajstić information content (AvgIpc) is 2.71. The van der Waals surface area contributed by atoms with Crippen molar-refractivity contribution in [3.8, 4) is 0 Å². The lowest BCUT2D eigenvalue weighted by molar-refractivity contribution is 0.382. The van der Waals surface area contributed by atoms with Crippen LogP contribution in [0.25, 0.3) is 0 Å². The Kier molecular flexibility index (Phi) is 5.39. The minimum atomic E-state index is -0.555. The molecule has 0 aliphatic rings. The average molecular weight is 329 g/mol. The number of benzene rings is 3. The van der Waals surface area contributed by atoms with Crippen molar-refractivity contribution in [2.75, 3.05) is 0 Å². The number of nitrogens with one attached hydrogen (secondary N) is 3. The Labute approximate surface area is 149 Å². The molecule has 3 nitrogen and oxygen atoms in total. The molecule has 3 rings (SSSR count). The van der Waals surface area contributed by atoms with Crippen molar-refractivity contribution in [2.45, 2.75) is 18.5 Å². The molecular formula is C22H23N3. The second-order valence-corrected chi connectivity index (χ2v) is 6.07. The highest BCUT2D eigenvalue weighted by Crippen LogP contribution is 2.36. The van der Waals surface area contributed by atoms with E-state index in [0.717, 1.165) is 16.7 Å². The topological polar surface area (TPSA) is 47.9 Å². The van der Waals surface area contributed by atoms with Gasteiger partial charge >= 0.3 is 0 Å². The second kappa shape index (κ2) is 7.88. The molecule has 0 saturated carbocycles. The van der Waals surface area contributed by atoms with E-state index >= 15 is 0 Å². The maximum atomic E-state index is 7.50. The van der Waals surface area contributed by atoms with Crippen molar-refractivity contribution < 1.29 is 0 Å². The van der Waals surface area contributed by atoms with Crippen molar-refractivity contribution in [2.24, 2.45) is 0 Å². The maximum absolute atomic E-state index is 7.50. The lowest BCUT2D eigenvalue weighted by Gasteiger charge is -2.37. The van der Waals surface area contributed by atoms with Gasteiger partial charge in [-0.25, -0.2) is 10.9 Å². The molecule has 126 valence electrons. The van der Waals surface area contributed by atoms with Crippen molar-refractivity contribution in [1.82, 2.24) is 10.9 Å². The van der Waals surface area contributed by atoms with Crippen molar-refractivity contribution in [1.29, 1.82) is 5.41 Å². The summed E-state index contributed by atoms with van der Waals surface area (Å²) in [7, 11) is 0. The van der Waals surface area contributed by atoms with Crippen LogP contribution in [0.4, 0.5) is 0 Å². The second-order valence-electron chi connectivity index (χ2n) is 6.07. The Balaban J connectivity index is 2.22. The van der Waals surface area contributed by atoms with Crippen LogP contribution in [-0.4, -0.2) is 12.3 Å². The molecule has 0 spiro atoms. The van der Waals surface area contributed by atoms with Gasteiger partial charge in [-0.05, 0) is 23.6 Å². The van der Waals surface area contributed by atoms with E-state index in [0.29, 0.717) is 0 Å². The molecule has 25 heavy (non-hydrogen) atoms. The first-order chi connectivity index (χ1) is 12.3. The Hall–Kier alpha value is -2.75. The summed E-state index contributed by atoms with van der Waals surface area (Å²) < 4.78 is 0. The van der Waals surface area contributed by atoms with Gasteiger partial charge in [-0.15, -0.1) is 0 Å². The normalized spacial score (nSPS) is 12.5. The summed E-state index contributed by atoms with van der Waals surface area (Å²) in [5, 5.41) is 7.50. The van der Waals surface area contributed by atoms with Crippen molar-refractivity contribution in [3.05, 3.63) is 108 Å². The molecule has 0 aromatic heterocycles. The summed E-state index contributed by atoms with van der Waals surface area (Å²) >= 11 is 0. The van der Waals surface area contributed by atoms with Gasteiger partial charge in [0.15, 0.2) is 0 Å². The zero-order valence-electron chi connectivity index (χ0n) is 14.3. The molecule has 0 saturated heterocycles. The quantitative estimate of drug-likeness (QED) is 0.347. The molecular weight excluding hydrogens is 306 g/mol. The molecule has 3 aromatic carbocycles. The molecule has 0 bridgehead atoms. The number of rotatable bonds is 7. The number of hydrazine groups is 1. The molecule has 1 unspecified atom stereocenters. The van der Waals surface area contributed by atoms with E-state index in [1.54, 1.807) is 0 Å². The van der Waals surface area contributed by atoms with Gasteiger partial charge in [0, 0.05) is 6.21 Å². The predicted molar refractivity (Wildman–Crippen MR) is 104 cm³/mol. The summed E-state index contributed by atoms with van der Waals surface area (Å²) in [6.07, 6.45) is 1.39. The lowest BCUT2D eigenvalue weighted by Crippen LogP contribution is -2.54. The third kappa shape index (κ3) is 3.53. The van der Waals surface area contributed by atoms with E-state index in [2.05, 4.69) is 83.6 Å². The Morgan fingerprint density at radius 2 is 1.08 bits per heavy atom. The molecule has 0 aliphatic heterocycles. The van der Waals surface area contributed by atoms with Gasteiger partial charge in [0.2, 0.25) is 0 Å². The van der Waals surface area contributed by atoms with Crippen LogP contribution in [0.5, 0.6) is 0 Å². The summed E-state index contributed by atoms with van der Waals surface area (Å²) in [5.74, 6) is 0. The Morgan fingerprint density at radius 1 is 0.720 bits per heavy atom. The van der Waals surface area contributed by atoms with Gasteiger partial charge < -0.3 is 5.41 Å². The molecule has 0 radical (unpaired) electrons. The van der Waals surface area contributed by atoms with Gasteiger partial charge in [0.25, 0.3) is 0 Å². The minimum Gasteiger partial charge on any atom is -0.311 e. The van der Waals surface area contributed by atoms with Crippen LogP contribution >= 0.6 is 0 Å². The van der Waals surface area contributed by atoms with E-state index < -0.39 is 5.54 Å². The van der Waals surface area contributed by atoms with Crippen LogP contribution in [0, 0.1) is 5.41 Å². The highest BCUT2D eigenvalue weighted by Gasteiger charge is 2.36. The molecule has 1 atom stereocenters. The molecule has 0 heterocycles. The fourth-order valence-electron chi connectivity index (χ4n) is 3.04. The standard InChI is InChI=1S/C22H23N3/c1-18(17-23)24-25-22(19-11-5-2-6-12-19,20-13-7-3-8-14-20)21-15-9-4-10-16-21/h2-18,23-25H,1H3. The van der Waals surface area contributed by atoms with E-state index in [1.807, 2.05) is 25.1 Å². The maximum Gasteiger partial charge on any atom is 0.107 e. The summed E-state index contributed by atoms with van der Waals surface area (Å²) in [6.45, 7) is 1.95. The Morgan fingerprint density at radius 3 is 1.40 bits per heavy atom. The lowest BCUT2D eigenvalue weighted by atomic mass is 9.77. The van der Waals surface area contributed by atoms with Gasteiger partial charge in [0.05, 0.1) is 6.04 Å². The zero-order chi connectivity index (χ0) is 17.5. The molecule has 3 N–H and O–H groups in total. The molecule has 3 aromatic rings. The fourth-order valence-corrected chi connectivity index (χ4v) is 3.04. The summed E-state index contributed by atoms with van der Waals surface area (Å²) in [5.41, 5.74) is 9.66. The number of hydrogen-bond acceptors (Lipinski definition) is 3. The highest BCUT2D eigenvalue weighted by molar-refractivity contribution is 5.60. The SMILES string of the molecule is CC(C=N)NNC(c1ccccc1)(c1ccccc1)c1ccccc1. The number of hydrogen-bond donors (Lipinski definition) is 3. The minimum absolute atomic E-state index is 0.0875. The zero-order valence-corrected chi connectivity index (χ0v) is 14.3. The summed E-state index contributed by atoms with van der Waals surface area (Å²) in [4.78, 5) is 0. The van der Waals surface area contributed by atoms with Gasteiger partial charge in [0.1, 0.15) is 5.54 Å². The van der Waals surface area contributed by atoms with Gasteiger partial charge in [-0.1, -0.05) is 91.0 Å². The van der Waals surface area contributed by atoms with Crippen LogP contribution in [0.2, 0.25) is 0 Å². The molecule has 3 heteroatoms. The van der Waals surface area contributed by atoms with Gasteiger partial charge in [-0.3, -0.25) is 0 Å². The highest BCUT2D eigenvalue weighted by atomic mass is 15.4. The third-order valence-electron chi connectivity index (χ3n) is 4.36. The van der Waals surface area contributed by atoms with E-state index in [-0.39, 0.29) is 6.04 Å². The summed E-state index contributed by atoms with van der Waals surface area (Å²) in [6, 6.07) is 31.1. The van der Waals surface area contributed by atoms with E-state index in [9.17, 15) is 0 Å². The van der Waals surface area contributed by atoms with Crippen molar-refractivity contribution in [3.63, 3.8) is 0 Å². The van der Waals surface area contributed by atoms with E-state index in [1.165, 1.54) is 6.21 Å². The monoisotopic (exact) mass is 329 g/mol. The Bertz CT molecular complexity index is 689. The van der Waals surface area contributed by atoms with Crippen LogP contribution in [0.1, 0.15) is 23.6 Å². The van der Waals surface area contributed by atoms with Crippen LogP contribution in [0.15, 0.2) is 91.0 Å². The smallest absolute Gasteiger partial charge is 0.107 e. The van der Waals surface area contributed by atoms with Crippen LogP contribution in [-0.2, 0) is 5.54 Å². The van der Waals surface area contributed by atoms with Crippen molar-refractivity contribution >= 4 is 6.21 Å². The third-order valence-corrected chi connectivity index (χ3v) is 4.36.